The van der Waals surface area contributed by atoms with Crippen molar-refractivity contribution in [3.63, 3.8) is 0 Å². The van der Waals surface area contributed by atoms with Crippen LogP contribution in [0, 0.1) is 6.92 Å². The van der Waals surface area contributed by atoms with Crippen molar-refractivity contribution in [2.45, 2.75) is 19.9 Å². The second-order valence-corrected chi connectivity index (χ2v) is 7.37. The van der Waals surface area contributed by atoms with Crippen LogP contribution >= 0.6 is 0 Å². The maximum absolute atomic E-state index is 12.9. The average molecular weight is 367 g/mol. The minimum Gasteiger partial charge on any atom is -0.358 e. The zero-order chi connectivity index (χ0) is 19.1. The summed E-state index contributed by atoms with van der Waals surface area (Å²) in [6, 6.07) is 20.7. The zero-order valence-corrected chi connectivity index (χ0v) is 15.8. The summed E-state index contributed by atoms with van der Waals surface area (Å²) in [7, 11) is 0. The molecule has 4 nitrogen and oxygen atoms in total. The summed E-state index contributed by atoms with van der Waals surface area (Å²) in [5.74, 6) is 0.0479. The van der Waals surface area contributed by atoms with Crippen LogP contribution in [0.4, 0.5) is 0 Å². The van der Waals surface area contributed by atoms with E-state index in [1.807, 2.05) is 30.0 Å². The first kappa shape index (κ1) is 16.8. The molecule has 1 N–H and O–H groups in total. The van der Waals surface area contributed by atoms with Gasteiger partial charge in [0.2, 0.25) is 0 Å². The van der Waals surface area contributed by atoms with E-state index in [1.54, 1.807) is 6.20 Å². The van der Waals surface area contributed by atoms with Crippen LogP contribution in [0.3, 0.4) is 0 Å². The highest BCUT2D eigenvalue weighted by atomic mass is 16.2. The molecule has 5 rings (SSSR count). The van der Waals surface area contributed by atoms with Crippen molar-refractivity contribution in [3.05, 3.63) is 89.4 Å². The average Bonchev–Trinajstić information content (AvgIpc) is 3.11. The minimum absolute atomic E-state index is 0.0479. The predicted molar refractivity (Wildman–Crippen MR) is 111 cm³/mol. The molecule has 138 valence electrons. The topological polar surface area (TPSA) is 49.0 Å². The first-order valence-corrected chi connectivity index (χ1v) is 9.60. The Hall–Kier alpha value is -3.40. The smallest absolute Gasteiger partial charge is 0.255 e. The van der Waals surface area contributed by atoms with E-state index in [9.17, 15) is 4.79 Å². The SMILES string of the molecule is Cc1ccc(C(=O)N2CCc3[nH]c4ccc(-c5ccccc5)cc4c3C2)cn1. The number of H-pyrrole nitrogens is 1. The van der Waals surface area contributed by atoms with E-state index in [-0.39, 0.29) is 5.91 Å². The quantitative estimate of drug-likeness (QED) is 0.556. The summed E-state index contributed by atoms with van der Waals surface area (Å²) in [5, 5.41) is 1.20. The molecule has 4 aromatic rings. The number of hydrogen-bond donors (Lipinski definition) is 1. The van der Waals surface area contributed by atoms with E-state index in [2.05, 4.69) is 52.4 Å². The Balaban J connectivity index is 1.50. The normalized spacial score (nSPS) is 13.5. The molecule has 1 aliphatic rings. The van der Waals surface area contributed by atoms with Crippen LogP contribution in [0.5, 0.6) is 0 Å². The monoisotopic (exact) mass is 367 g/mol. The third kappa shape index (κ3) is 2.87. The Morgan fingerprint density at radius 1 is 1.04 bits per heavy atom. The number of hydrogen-bond acceptors (Lipinski definition) is 2. The van der Waals surface area contributed by atoms with Crippen molar-refractivity contribution < 1.29 is 4.79 Å². The fourth-order valence-electron chi connectivity index (χ4n) is 3.97. The highest BCUT2D eigenvalue weighted by molar-refractivity contribution is 5.95. The van der Waals surface area contributed by atoms with Gasteiger partial charge in [0, 0.05) is 53.6 Å². The molecule has 1 amide bonds. The molecule has 2 aromatic carbocycles. The van der Waals surface area contributed by atoms with Crippen LogP contribution in [-0.4, -0.2) is 27.3 Å². The van der Waals surface area contributed by atoms with Crippen molar-refractivity contribution >= 4 is 16.8 Å². The number of amides is 1. The summed E-state index contributed by atoms with van der Waals surface area (Å²) in [4.78, 5) is 22.7. The number of aromatic amines is 1. The van der Waals surface area contributed by atoms with Gasteiger partial charge < -0.3 is 9.88 Å². The molecule has 4 heteroatoms. The Kier molecular flexibility index (Phi) is 3.97. The number of fused-ring (bicyclic) bond motifs is 3. The van der Waals surface area contributed by atoms with Gasteiger partial charge in [0.05, 0.1) is 5.56 Å². The van der Waals surface area contributed by atoms with Gasteiger partial charge in [-0.05, 0) is 42.3 Å². The summed E-state index contributed by atoms with van der Waals surface area (Å²) >= 11 is 0. The number of aryl methyl sites for hydroxylation is 1. The van der Waals surface area contributed by atoms with Gasteiger partial charge in [-0.3, -0.25) is 9.78 Å². The van der Waals surface area contributed by atoms with Crippen molar-refractivity contribution in [1.82, 2.24) is 14.9 Å². The minimum atomic E-state index is 0.0479. The van der Waals surface area contributed by atoms with Gasteiger partial charge in [0.25, 0.3) is 5.91 Å². The van der Waals surface area contributed by atoms with Crippen LogP contribution in [0.25, 0.3) is 22.0 Å². The number of carbonyl (C=O) groups excluding carboxylic acids is 1. The van der Waals surface area contributed by atoms with E-state index in [0.29, 0.717) is 12.1 Å². The van der Waals surface area contributed by atoms with Gasteiger partial charge in [-0.1, -0.05) is 36.4 Å². The molecular formula is C24H21N3O. The molecule has 3 heterocycles. The summed E-state index contributed by atoms with van der Waals surface area (Å²) in [5.41, 5.74) is 7.58. The van der Waals surface area contributed by atoms with Crippen LogP contribution in [0.2, 0.25) is 0 Å². The standard InChI is InChI=1S/C24H21N3O/c1-16-7-8-19(14-25-16)24(28)27-12-11-23-21(15-27)20-13-18(9-10-22(20)26-23)17-5-3-2-4-6-17/h2-10,13-14,26H,11-12,15H2,1H3. The highest BCUT2D eigenvalue weighted by Crippen LogP contribution is 2.32. The van der Waals surface area contributed by atoms with Crippen LogP contribution in [0.15, 0.2) is 66.9 Å². The van der Waals surface area contributed by atoms with E-state index >= 15 is 0 Å². The summed E-state index contributed by atoms with van der Waals surface area (Å²) < 4.78 is 0. The molecule has 0 aliphatic carbocycles. The second-order valence-electron chi connectivity index (χ2n) is 7.37. The van der Waals surface area contributed by atoms with Gasteiger partial charge in [0.1, 0.15) is 0 Å². The molecule has 0 spiro atoms. The zero-order valence-electron chi connectivity index (χ0n) is 15.8. The molecular weight excluding hydrogens is 346 g/mol. The predicted octanol–water partition coefficient (Wildman–Crippen LogP) is 4.74. The van der Waals surface area contributed by atoms with Crippen molar-refractivity contribution in [1.29, 1.82) is 0 Å². The Morgan fingerprint density at radius 2 is 1.89 bits per heavy atom. The first-order chi connectivity index (χ1) is 13.7. The van der Waals surface area contributed by atoms with Gasteiger partial charge in [-0.2, -0.15) is 0 Å². The number of nitrogens with one attached hydrogen (secondary N) is 1. The largest absolute Gasteiger partial charge is 0.358 e. The lowest BCUT2D eigenvalue weighted by Gasteiger charge is -2.27. The van der Waals surface area contributed by atoms with Crippen LogP contribution in [0.1, 0.15) is 27.3 Å². The molecule has 0 saturated heterocycles. The van der Waals surface area contributed by atoms with Gasteiger partial charge in [0.15, 0.2) is 0 Å². The summed E-state index contributed by atoms with van der Waals surface area (Å²) in [6.07, 6.45) is 2.52. The molecule has 0 atom stereocenters. The van der Waals surface area contributed by atoms with Crippen molar-refractivity contribution in [3.8, 4) is 11.1 Å². The van der Waals surface area contributed by atoms with Crippen LogP contribution < -0.4 is 0 Å². The van der Waals surface area contributed by atoms with Crippen molar-refractivity contribution in [2.24, 2.45) is 0 Å². The third-order valence-corrected chi connectivity index (χ3v) is 5.53. The highest BCUT2D eigenvalue weighted by Gasteiger charge is 2.25. The molecule has 0 saturated carbocycles. The molecule has 0 radical (unpaired) electrons. The Labute approximate surface area is 163 Å². The maximum atomic E-state index is 12.9. The number of rotatable bonds is 2. The lowest BCUT2D eigenvalue weighted by molar-refractivity contribution is 0.0734. The van der Waals surface area contributed by atoms with Crippen molar-refractivity contribution in [2.75, 3.05) is 6.54 Å². The van der Waals surface area contributed by atoms with Gasteiger partial charge in [-0.15, -0.1) is 0 Å². The van der Waals surface area contributed by atoms with E-state index < -0.39 is 0 Å². The molecule has 1 aliphatic heterocycles. The first-order valence-electron chi connectivity index (χ1n) is 9.60. The maximum Gasteiger partial charge on any atom is 0.255 e. The third-order valence-electron chi connectivity index (χ3n) is 5.53. The number of nitrogens with zero attached hydrogens (tertiary/aromatic N) is 2. The fraction of sp³-hybridized carbons (Fsp3) is 0.167. The number of benzene rings is 2. The molecule has 28 heavy (non-hydrogen) atoms. The van der Waals surface area contributed by atoms with E-state index in [4.69, 9.17) is 0 Å². The Bertz CT molecular complexity index is 1160. The van der Waals surface area contributed by atoms with Gasteiger partial charge in [-0.25, -0.2) is 0 Å². The number of pyridine rings is 1. The van der Waals surface area contributed by atoms with E-state index in [0.717, 1.165) is 24.2 Å². The number of aromatic nitrogens is 2. The second kappa shape index (κ2) is 6.64. The van der Waals surface area contributed by atoms with Gasteiger partial charge >= 0.3 is 0 Å². The summed E-state index contributed by atoms with van der Waals surface area (Å²) in [6.45, 7) is 3.27. The van der Waals surface area contributed by atoms with Crippen LogP contribution in [-0.2, 0) is 13.0 Å². The fourth-order valence-corrected chi connectivity index (χ4v) is 3.97. The lowest BCUT2D eigenvalue weighted by atomic mass is 9.99. The molecule has 0 unspecified atom stereocenters. The molecule has 2 aromatic heterocycles. The number of carbonyl (C=O) groups is 1. The molecule has 0 fully saturated rings. The molecule has 0 bridgehead atoms. The van der Waals surface area contributed by atoms with E-state index in [1.165, 1.54) is 27.8 Å². The lowest BCUT2D eigenvalue weighted by Crippen LogP contribution is -2.35. The Morgan fingerprint density at radius 3 is 2.68 bits per heavy atom.